The molecule has 7 heteroatoms. The van der Waals surface area contributed by atoms with Crippen molar-refractivity contribution in [3.8, 4) is 22.8 Å². The molecule has 6 nitrogen and oxygen atoms in total. The van der Waals surface area contributed by atoms with E-state index in [-0.39, 0.29) is 17.1 Å². The first-order chi connectivity index (χ1) is 19.3. The molecule has 3 aromatic carbocycles. The summed E-state index contributed by atoms with van der Waals surface area (Å²) in [6.07, 6.45) is 0. The number of aromatic nitrogens is 6. The number of hydrogen-bond acceptors (Lipinski definition) is 2. The Hall–Kier alpha value is -4.32. The Morgan fingerprint density at radius 3 is 1.29 bits per heavy atom. The zero-order valence-electron chi connectivity index (χ0n) is 23.2. The summed E-state index contributed by atoms with van der Waals surface area (Å²) in [7, 11) is 0. The number of hydrogen-bond donors (Lipinski definition) is 0. The maximum absolute atomic E-state index is 5.40. The summed E-state index contributed by atoms with van der Waals surface area (Å²) in [6, 6.07) is 33.6. The summed E-state index contributed by atoms with van der Waals surface area (Å²) in [5.74, 6) is 1.85. The molecule has 0 saturated heterocycles. The molecule has 0 amide bonds. The van der Waals surface area contributed by atoms with Gasteiger partial charge in [-0.2, -0.15) is 11.4 Å². The predicted octanol–water partition coefficient (Wildman–Crippen LogP) is 6.91. The standard InChI is InChI=1S/C34H28N6.Cu/c1-33(2)27-19-15-23(35-27)24-16-20-28(36-24)34(3,4)32-38-30-26(40(32)22-13-9-6-10-14-22)18-17-25-29(30)37-31(33)39(25)21-11-7-5-8-12-21;/h5-20H,1-4H3;/q-2;+2. The fourth-order valence-electron chi connectivity index (χ4n) is 6.13. The fraction of sp³-hybridized carbons (Fsp3) is 0.176. The molecule has 8 rings (SSSR count). The van der Waals surface area contributed by atoms with E-state index < -0.39 is 10.8 Å². The van der Waals surface area contributed by atoms with Gasteiger partial charge in [0.15, 0.2) is 0 Å². The normalized spacial score (nSPS) is 15.0. The first kappa shape index (κ1) is 25.6. The third-order valence-electron chi connectivity index (χ3n) is 8.42. The Morgan fingerprint density at radius 2 is 0.902 bits per heavy atom. The van der Waals surface area contributed by atoms with E-state index in [0.717, 1.165) is 67.9 Å². The molecule has 1 aliphatic rings. The third kappa shape index (κ3) is 3.56. The van der Waals surface area contributed by atoms with Crippen LogP contribution in [0.5, 0.6) is 0 Å². The average molecular weight is 584 g/mol. The van der Waals surface area contributed by atoms with Crippen LogP contribution in [0.3, 0.4) is 0 Å². The van der Waals surface area contributed by atoms with Crippen molar-refractivity contribution in [1.29, 1.82) is 0 Å². The number of imidazole rings is 2. The Bertz CT molecular complexity index is 1910. The summed E-state index contributed by atoms with van der Waals surface area (Å²) in [6.45, 7) is 8.79. The van der Waals surface area contributed by atoms with Crippen LogP contribution in [0.15, 0.2) is 97.1 Å². The fourth-order valence-corrected chi connectivity index (χ4v) is 6.13. The van der Waals surface area contributed by atoms with E-state index in [1.807, 2.05) is 12.1 Å². The van der Waals surface area contributed by atoms with Crippen molar-refractivity contribution < 1.29 is 17.1 Å². The molecular formula is C34H28CuN6. The van der Waals surface area contributed by atoms with Crippen molar-refractivity contribution in [3.63, 3.8) is 0 Å². The molecule has 7 aromatic rings. The molecule has 0 unspecified atom stereocenters. The molecule has 205 valence electrons. The maximum atomic E-state index is 5.40. The number of para-hydroxylation sites is 2. The van der Waals surface area contributed by atoms with Crippen LogP contribution in [-0.2, 0) is 27.9 Å². The van der Waals surface area contributed by atoms with Crippen LogP contribution in [0.2, 0.25) is 0 Å². The van der Waals surface area contributed by atoms with E-state index >= 15 is 0 Å². The topological polar surface area (TPSA) is 63.8 Å². The average Bonchev–Trinajstić information content (AvgIpc) is 3.76. The van der Waals surface area contributed by atoms with Gasteiger partial charge in [0.25, 0.3) is 0 Å². The van der Waals surface area contributed by atoms with E-state index in [0.29, 0.717) is 0 Å². The summed E-state index contributed by atoms with van der Waals surface area (Å²) in [5, 5.41) is 0. The molecule has 1 aliphatic heterocycles. The molecule has 5 heterocycles. The molecule has 1 radical (unpaired) electrons. The minimum atomic E-state index is -0.483. The Balaban J connectivity index is 0.00000276. The van der Waals surface area contributed by atoms with E-state index in [1.165, 1.54) is 0 Å². The van der Waals surface area contributed by atoms with Crippen LogP contribution < -0.4 is 9.97 Å². The van der Waals surface area contributed by atoms with Gasteiger partial charge in [0.2, 0.25) is 0 Å². The first-order valence-electron chi connectivity index (χ1n) is 13.7. The molecule has 41 heavy (non-hydrogen) atoms. The van der Waals surface area contributed by atoms with E-state index in [4.69, 9.17) is 19.9 Å². The molecule has 0 atom stereocenters. The smallest absolute Gasteiger partial charge is 0.661 e. The summed E-state index contributed by atoms with van der Waals surface area (Å²) >= 11 is 0. The molecule has 0 spiro atoms. The van der Waals surface area contributed by atoms with Crippen molar-refractivity contribution in [1.82, 2.24) is 29.1 Å². The van der Waals surface area contributed by atoms with Gasteiger partial charge >= 0.3 is 17.1 Å². The second-order valence-electron chi connectivity index (χ2n) is 11.7. The monoisotopic (exact) mass is 583 g/mol. The van der Waals surface area contributed by atoms with Crippen LogP contribution in [0, 0.1) is 0 Å². The van der Waals surface area contributed by atoms with Gasteiger partial charge in [-0.1, -0.05) is 88.4 Å². The van der Waals surface area contributed by atoms with Gasteiger partial charge in [0, 0.05) is 22.2 Å². The van der Waals surface area contributed by atoms with Crippen LogP contribution in [0.1, 0.15) is 50.7 Å². The molecular weight excluding hydrogens is 556 g/mol. The van der Waals surface area contributed by atoms with Crippen molar-refractivity contribution in [2.75, 3.05) is 0 Å². The Labute approximate surface area is 248 Å². The second-order valence-corrected chi connectivity index (χ2v) is 11.7. The van der Waals surface area contributed by atoms with Gasteiger partial charge in [-0.3, -0.25) is 9.13 Å². The molecule has 0 aliphatic carbocycles. The maximum Gasteiger partial charge on any atom is 2.00 e. The summed E-state index contributed by atoms with van der Waals surface area (Å²) in [5.41, 5.74) is 8.66. The molecule has 0 saturated carbocycles. The zero-order valence-corrected chi connectivity index (χ0v) is 24.2. The van der Waals surface area contributed by atoms with Gasteiger partial charge in [-0.05, 0) is 36.4 Å². The Morgan fingerprint density at radius 1 is 0.512 bits per heavy atom. The third-order valence-corrected chi connectivity index (χ3v) is 8.42. The number of rotatable bonds is 2. The van der Waals surface area contributed by atoms with Crippen molar-refractivity contribution in [2.24, 2.45) is 0 Å². The van der Waals surface area contributed by atoms with Gasteiger partial charge in [0.05, 0.1) is 11.0 Å². The zero-order chi connectivity index (χ0) is 27.2. The van der Waals surface area contributed by atoms with Crippen LogP contribution >= 0.6 is 0 Å². The minimum absolute atomic E-state index is 0. The van der Waals surface area contributed by atoms with Crippen molar-refractivity contribution in [3.05, 3.63) is 120 Å². The van der Waals surface area contributed by atoms with Gasteiger partial charge < -0.3 is 9.97 Å². The first-order valence-corrected chi connectivity index (χ1v) is 13.7. The number of nitrogens with zero attached hydrogens (tertiary/aromatic N) is 6. The van der Waals surface area contributed by atoms with Crippen molar-refractivity contribution in [2.45, 2.75) is 38.5 Å². The molecule has 0 N–H and O–H groups in total. The van der Waals surface area contributed by atoms with Gasteiger partial charge in [-0.15, -0.1) is 11.4 Å². The van der Waals surface area contributed by atoms with E-state index in [9.17, 15) is 0 Å². The van der Waals surface area contributed by atoms with E-state index in [1.54, 1.807) is 0 Å². The summed E-state index contributed by atoms with van der Waals surface area (Å²) < 4.78 is 4.54. The SMILES string of the molecule is CC1(C)c2ccc([n-]2)-c2ccc([n-]2)C(C)(C)c2nc3c4nc1n(-c1ccccc1)c4ccc3n2-c1ccccc1.[Cu+2]. The Kier molecular flexibility index (Phi) is 5.53. The quantitative estimate of drug-likeness (QED) is 0.207. The summed E-state index contributed by atoms with van der Waals surface area (Å²) in [4.78, 5) is 21.0. The second kappa shape index (κ2) is 8.84. The molecule has 8 bridgehead atoms. The molecule has 0 fully saturated rings. The van der Waals surface area contributed by atoms with Crippen LogP contribution in [0.4, 0.5) is 0 Å². The van der Waals surface area contributed by atoms with Gasteiger partial charge in [-0.25, -0.2) is 9.97 Å². The minimum Gasteiger partial charge on any atom is -0.661 e. The molecule has 4 aromatic heterocycles. The largest absolute Gasteiger partial charge is 2.00 e. The van der Waals surface area contributed by atoms with Crippen LogP contribution in [0.25, 0.3) is 44.8 Å². The predicted molar refractivity (Wildman–Crippen MR) is 158 cm³/mol. The number of benzene rings is 3. The van der Waals surface area contributed by atoms with Gasteiger partial charge in [0.1, 0.15) is 22.7 Å². The van der Waals surface area contributed by atoms with Crippen molar-refractivity contribution >= 4 is 22.1 Å². The number of fused-ring (bicyclic) bond motifs is 7. The van der Waals surface area contributed by atoms with Crippen LogP contribution in [-0.4, -0.2) is 19.1 Å². The van der Waals surface area contributed by atoms with E-state index in [2.05, 4.69) is 122 Å².